The molecule has 0 N–H and O–H groups in total. The van der Waals surface area contributed by atoms with E-state index in [4.69, 9.17) is 9.72 Å². The van der Waals surface area contributed by atoms with Crippen LogP contribution in [-0.4, -0.2) is 35.9 Å². The van der Waals surface area contributed by atoms with Crippen LogP contribution in [-0.2, 0) is 9.53 Å². The SMILES string of the molecule is Cc1ccc(C)c2sc(N(CC3CCCO3)C(=O)CCSc3ccc(F)cc3)nc12. The van der Waals surface area contributed by atoms with Crippen LogP contribution in [0.25, 0.3) is 10.2 Å². The van der Waals surface area contributed by atoms with Crippen molar-refractivity contribution in [2.75, 3.05) is 23.8 Å². The van der Waals surface area contributed by atoms with Crippen LogP contribution in [0.4, 0.5) is 9.52 Å². The fraction of sp³-hybridized carbons (Fsp3) is 0.391. The van der Waals surface area contributed by atoms with Gasteiger partial charge in [0.05, 0.1) is 22.9 Å². The highest BCUT2D eigenvalue weighted by molar-refractivity contribution is 7.99. The number of ether oxygens (including phenoxy) is 1. The average Bonchev–Trinajstić information content (AvgIpc) is 3.41. The van der Waals surface area contributed by atoms with Gasteiger partial charge < -0.3 is 4.74 Å². The zero-order valence-corrected chi connectivity index (χ0v) is 18.8. The molecule has 1 aliphatic rings. The highest BCUT2D eigenvalue weighted by atomic mass is 32.2. The number of benzene rings is 2. The Hall–Kier alpha value is -1.96. The van der Waals surface area contributed by atoms with Crippen LogP contribution < -0.4 is 4.90 Å². The van der Waals surface area contributed by atoms with E-state index in [1.165, 1.54) is 17.7 Å². The molecule has 30 heavy (non-hydrogen) atoms. The summed E-state index contributed by atoms with van der Waals surface area (Å²) in [5.41, 5.74) is 3.27. The second-order valence-electron chi connectivity index (χ2n) is 7.57. The largest absolute Gasteiger partial charge is 0.376 e. The lowest BCUT2D eigenvalue weighted by atomic mass is 10.1. The number of amides is 1. The van der Waals surface area contributed by atoms with Crippen molar-refractivity contribution >= 4 is 44.4 Å². The quantitative estimate of drug-likeness (QED) is 0.436. The molecule has 1 amide bonds. The molecular weight excluding hydrogens is 419 g/mol. The second-order valence-corrected chi connectivity index (χ2v) is 9.71. The van der Waals surface area contributed by atoms with Crippen LogP contribution in [0, 0.1) is 19.7 Å². The Kier molecular flexibility index (Phi) is 6.71. The number of fused-ring (bicyclic) bond motifs is 1. The van der Waals surface area contributed by atoms with Crippen molar-refractivity contribution in [1.29, 1.82) is 0 Å². The van der Waals surface area contributed by atoms with Crippen molar-refractivity contribution in [3.63, 3.8) is 0 Å². The van der Waals surface area contributed by atoms with Gasteiger partial charge in [-0.15, -0.1) is 11.8 Å². The second kappa shape index (κ2) is 9.45. The Bertz CT molecular complexity index is 991. The van der Waals surface area contributed by atoms with E-state index >= 15 is 0 Å². The van der Waals surface area contributed by atoms with Crippen LogP contribution in [0.3, 0.4) is 0 Å². The molecule has 0 aliphatic carbocycles. The molecule has 158 valence electrons. The number of carbonyl (C=O) groups excluding carboxylic acids is 1. The summed E-state index contributed by atoms with van der Waals surface area (Å²) in [6.07, 6.45) is 2.46. The number of carbonyl (C=O) groups is 1. The van der Waals surface area contributed by atoms with Gasteiger partial charge in [0.1, 0.15) is 5.82 Å². The Morgan fingerprint density at radius 1 is 1.23 bits per heavy atom. The van der Waals surface area contributed by atoms with Gasteiger partial charge in [0.15, 0.2) is 5.13 Å². The Morgan fingerprint density at radius 3 is 2.70 bits per heavy atom. The maximum Gasteiger partial charge on any atom is 0.229 e. The van der Waals surface area contributed by atoms with Gasteiger partial charge in [0.2, 0.25) is 5.91 Å². The molecule has 0 radical (unpaired) electrons. The standard InChI is InChI=1S/C23H25FN2O2S2/c1-15-5-6-16(2)22-21(15)25-23(30-22)26(14-18-4-3-12-28-18)20(27)11-13-29-19-9-7-17(24)8-10-19/h5-10,18H,3-4,11-14H2,1-2H3. The monoisotopic (exact) mass is 444 g/mol. The van der Waals surface area contributed by atoms with E-state index in [9.17, 15) is 9.18 Å². The number of aryl methyl sites for hydroxylation is 2. The van der Waals surface area contributed by atoms with Crippen molar-refractivity contribution < 1.29 is 13.9 Å². The molecule has 7 heteroatoms. The lowest BCUT2D eigenvalue weighted by molar-refractivity contribution is -0.118. The number of thioether (sulfide) groups is 1. The molecule has 1 aliphatic heterocycles. The molecule has 1 unspecified atom stereocenters. The van der Waals surface area contributed by atoms with Crippen LogP contribution in [0.5, 0.6) is 0 Å². The highest BCUT2D eigenvalue weighted by Crippen LogP contribution is 2.34. The normalized spacial score (nSPS) is 16.3. The Labute approximate surface area is 184 Å². The first-order valence-electron chi connectivity index (χ1n) is 10.2. The minimum absolute atomic E-state index is 0.0504. The predicted octanol–water partition coefficient (Wildman–Crippen LogP) is 5.75. The zero-order valence-electron chi connectivity index (χ0n) is 17.2. The maximum absolute atomic E-state index is 13.2. The van der Waals surface area contributed by atoms with Gasteiger partial charge in [-0.25, -0.2) is 9.37 Å². The van der Waals surface area contributed by atoms with Gasteiger partial charge in [-0.1, -0.05) is 23.5 Å². The molecule has 4 rings (SSSR count). The van der Waals surface area contributed by atoms with Crippen molar-refractivity contribution in [2.45, 2.75) is 44.1 Å². The van der Waals surface area contributed by atoms with E-state index in [-0.39, 0.29) is 17.8 Å². The van der Waals surface area contributed by atoms with E-state index in [1.54, 1.807) is 35.2 Å². The lowest BCUT2D eigenvalue weighted by Gasteiger charge is -2.23. The van der Waals surface area contributed by atoms with Crippen LogP contribution >= 0.6 is 23.1 Å². The fourth-order valence-corrected chi connectivity index (χ4v) is 5.54. The van der Waals surface area contributed by atoms with Crippen LogP contribution in [0.15, 0.2) is 41.3 Å². The summed E-state index contributed by atoms with van der Waals surface area (Å²) in [6.45, 7) is 5.43. The number of nitrogens with zero attached hydrogens (tertiary/aromatic N) is 2. The molecule has 1 aromatic heterocycles. The molecule has 3 aromatic rings. The van der Waals surface area contributed by atoms with Gasteiger partial charge in [-0.3, -0.25) is 9.69 Å². The number of hydrogen-bond acceptors (Lipinski definition) is 5. The van der Waals surface area contributed by atoms with Gasteiger partial charge in [-0.05, 0) is 62.1 Å². The smallest absolute Gasteiger partial charge is 0.229 e. The molecule has 2 heterocycles. The number of aromatic nitrogens is 1. The first-order chi connectivity index (χ1) is 14.5. The van der Waals surface area contributed by atoms with Gasteiger partial charge >= 0.3 is 0 Å². The molecule has 0 saturated carbocycles. The molecule has 0 spiro atoms. The molecule has 1 saturated heterocycles. The average molecular weight is 445 g/mol. The summed E-state index contributed by atoms with van der Waals surface area (Å²) in [4.78, 5) is 20.8. The summed E-state index contributed by atoms with van der Waals surface area (Å²) in [7, 11) is 0. The van der Waals surface area contributed by atoms with Crippen LogP contribution in [0.2, 0.25) is 0 Å². The summed E-state index contributed by atoms with van der Waals surface area (Å²) >= 11 is 3.14. The molecular formula is C23H25FN2O2S2. The first kappa shape index (κ1) is 21.3. The summed E-state index contributed by atoms with van der Waals surface area (Å²) in [6, 6.07) is 10.6. The molecule has 1 atom stereocenters. The highest BCUT2D eigenvalue weighted by Gasteiger charge is 2.26. The third kappa shape index (κ3) is 4.85. The van der Waals surface area contributed by atoms with E-state index in [0.29, 0.717) is 18.7 Å². The summed E-state index contributed by atoms with van der Waals surface area (Å²) in [5, 5.41) is 0.745. The number of rotatable bonds is 7. The molecule has 1 fully saturated rings. The number of anilines is 1. The third-order valence-electron chi connectivity index (χ3n) is 5.27. The van der Waals surface area contributed by atoms with E-state index in [0.717, 1.165) is 45.3 Å². The Morgan fingerprint density at radius 2 is 2.00 bits per heavy atom. The minimum atomic E-state index is -0.250. The van der Waals surface area contributed by atoms with Gasteiger partial charge in [-0.2, -0.15) is 0 Å². The first-order valence-corrected chi connectivity index (χ1v) is 12.0. The van der Waals surface area contributed by atoms with Gasteiger partial charge in [0.25, 0.3) is 0 Å². The molecule has 2 aromatic carbocycles. The summed E-state index contributed by atoms with van der Waals surface area (Å²) < 4.78 is 20.0. The number of thiazole rings is 1. The topological polar surface area (TPSA) is 42.4 Å². The molecule has 0 bridgehead atoms. The predicted molar refractivity (Wildman–Crippen MR) is 122 cm³/mol. The number of hydrogen-bond donors (Lipinski definition) is 0. The molecule has 4 nitrogen and oxygen atoms in total. The lowest BCUT2D eigenvalue weighted by Crippen LogP contribution is -2.37. The van der Waals surface area contributed by atoms with E-state index in [2.05, 4.69) is 26.0 Å². The van der Waals surface area contributed by atoms with Gasteiger partial charge in [0, 0.05) is 23.7 Å². The van der Waals surface area contributed by atoms with Crippen molar-refractivity contribution in [2.24, 2.45) is 0 Å². The fourth-order valence-electron chi connectivity index (χ4n) is 3.56. The van der Waals surface area contributed by atoms with Crippen molar-refractivity contribution in [1.82, 2.24) is 4.98 Å². The van der Waals surface area contributed by atoms with E-state index in [1.807, 2.05) is 4.90 Å². The van der Waals surface area contributed by atoms with Crippen molar-refractivity contribution in [3.05, 3.63) is 53.3 Å². The van der Waals surface area contributed by atoms with E-state index < -0.39 is 0 Å². The minimum Gasteiger partial charge on any atom is -0.376 e. The maximum atomic E-state index is 13.2. The summed E-state index contributed by atoms with van der Waals surface area (Å²) in [5.74, 6) is 0.434. The van der Waals surface area contributed by atoms with Crippen LogP contribution in [0.1, 0.15) is 30.4 Å². The van der Waals surface area contributed by atoms with Crippen molar-refractivity contribution in [3.8, 4) is 0 Å². The zero-order chi connectivity index (χ0) is 21.1. The third-order valence-corrected chi connectivity index (χ3v) is 7.50. The Balaban J connectivity index is 1.51. The number of halogens is 1.